The molecule has 1 aromatic carbocycles. The molecule has 1 aromatic rings. The average molecular weight is 209 g/mol. The molecule has 0 aliphatic heterocycles. The van der Waals surface area contributed by atoms with E-state index >= 15 is 0 Å². The standard InChI is InChI=1S/C12H16FNO/c1-8-6-9(12(14)4-3-5-12)7-10(15-2)11(8)13/h6-7H,3-5,14H2,1-2H3. The molecule has 1 saturated carbocycles. The highest BCUT2D eigenvalue weighted by Gasteiger charge is 2.35. The Hall–Kier alpha value is -1.09. The van der Waals surface area contributed by atoms with Crippen LogP contribution in [0.15, 0.2) is 12.1 Å². The second-order valence-electron chi connectivity index (χ2n) is 4.32. The van der Waals surface area contributed by atoms with E-state index in [1.807, 2.05) is 6.07 Å². The van der Waals surface area contributed by atoms with Crippen LogP contribution in [0.25, 0.3) is 0 Å². The molecule has 1 aliphatic rings. The number of benzene rings is 1. The number of halogens is 1. The molecule has 0 saturated heterocycles. The van der Waals surface area contributed by atoms with Gasteiger partial charge in [0.15, 0.2) is 11.6 Å². The van der Waals surface area contributed by atoms with Crippen LogP contribution in [0.3, 0.4) is 0 Å². The van der Waals surface area contributed by atoms with E-state index in [1.165, 1.54) is 7.11 Å². The Balaban J connectivity index is 2.45. The minimum absolute atomic E-state index is 0.258. The van der Waals surface area contributed by atoms with Gasteiger partial charge in [0.2, 0.25) is 0 Å². The Kier molecular flexibility index (Phi) is 2.43. The number of rotatable bonds is 2. The van der Waals surface area contributed by atoms with Gasteiger partial charge in [-0.2, -0.15) is 0 Å². The monoisotopic (exact) mass is 209 g/mol. The summed E-state index contributed by atoms with van der Waals surface area (Å²) in [4.78, 5) is 0. The molecule has 2 N–H and O–H groups in total. The van der Waals surface area contributed by atoms with Crippen LogP contribution in [0.4, 0.5) is 4.39 Å². The van der Waals surface area contributed by atoms with Gasteiger partial charge in [-0.25, -0.2) is 4.39 Å². The topological polar surface area (TPSA) is 35.2 Å². The van der Waals surface area contributed by atoms with Gasteiger partial charge in [0.25, 0.3) is 0 Å². The molecule has 0 heterocycles. The third-order valence-electron chi connectivity index (χ3n) is 3.26. The van der Waals surface area contributed by atoms with Crippen LogP contribution in [0.2, 0.25) is 0 Å². The summed E-state index contributed by atoms with van der Waals surface area (Å²) in [6.07, 6.45) is 3.09. The molecule has 3 heteroatoms. The third kappa shape index (κ3) is 1.61. The minimum Gasteiger partial charge on any atom is -0.494 e. The molecule has 2 rings (SSSR count). The van der Waals surface area contributed by atoms with Crippen molar-refractivity contribution in [2.45, 2.75) is 31.7 Å². The maximum Gasteiger partial charge on any atom is 0.167 e. The molecule has 0 atom stereocenters. The second-order valence-corrected chi connectivity index (χ2v) is 4.32. The van der Waals surface area contributed by atoms with E-state index < -0.39 is 0 Å². The normalized spacial score (nSPS) is 18.4. The van der Waals surface area contributed by atoms with Crippen molar-refractivity contribution in [2.75, 3.05) is 7.11 Å². The van der Waals surface area contributed by atoms with Crippen molar-refractivity contribution in [1.82, 2.24) is 0 Å². The van der Waals surface area contributed by atoms with Gasteiger partial charge in [-0.15, -0.1) is 0 Å². The summed E-state index contributed by atoms with van der Waals surface area (Å²) in [5.74, 6) is 0.00546. The summed E-state index contributed by atoms with van der Waals surface area (Å²) in [7, 11) is 1.48. The fraction of sp³-hybridized carbons (Fsp3) is 0.500. The lowest BCUT2D eigenvalue weighted by molar-refractivity contribution is 0.252. The minimum atomic E-state index is -0.288. The molecule has 0 spiro atoms. The first kappa shape index (κ1) is 10.4. The quantitative estimate of drug-likeness (QED) is 0.812. The van der Waals surface area contributed by atoms with Crippen molar-refractivity contribution < 1.29 is 9.13 Å². The largest absolute Gasteiger partial charge is 0.494 e. The molecule has 1 aliphatic carbocycles. The van der Waals surface area contributed by atoms with Crippen molar-refractivity contribution in [2.24, 2.45) is 5.73 Å². The van der Waals surface area contributed by atoms with Gasteiger partial charge in [0.05, 0.1) is 7.11 Å². The average Bonchev–Trinajstić information content (AvgIpc) is 2.18. The van der Waals surface area contributed by atoms with Gasteiger partial charge in [0.1, 0.15) is 0 Å². The summed E-state index contributed by atoms with van der Waals surface area (Å²) in [5.41, 5.74) is 7.52. The maximum absolute atomic E-state index is 13.5. The summed E-state index contributed by atoms with van der Waals surface area (Å²) < 4.78 is 18.5. The number of methoxy groups -OCH3 is 1. The Morgan fingerprint density at radius 3 is 2.53 bits per heavy atom. The number of nitrogens with two attached hydrogens (primary N) is 1. The molecule has 15 heavy (non-hydrogen) atoms. The smallest absolute Gasteiger partial charge is 0.167 e. The second kappa shape index (κ2) is 3.49. The third-order valence-corrected chi connectivity index (χ3v) is 3.26. The first-order valence-electron chi connectivity index (χ1n) is 5.20. The van der Waals surface area contributed by atoms with Crippen LogP contribution in [-0.2, 0) is 5.54 Å². The highest BCUT2D eigenvalue weighted by atomic mass is 19.1. The van der Waals surface area contributed by atoms with Gasteiger partial charge in [-0.05, 0) is 43.4 Å². The maximum atomic E-state index is 13.5. The number of aryl methyl sites for hydroxylation is 1. The summed E-state index contributed by atoms with van der Waals surface area (Å²) in [6, 6.07) is 3.55. The van der Waals surface area contributed by atoms with Gasteiger partial charge in [-0.3, -0.25) is 0 Å². The number of ether oxygens (including phenoxy) is 1. The van der Waals surface area contributed by atoms with Crippen LogP contribution in [0.1, 0.15) is 30.4 Å². The molecule has 0 amide bonds. The molecule has 0 radical (unpaired) electrons. The lowest BCUT2D eigenvalue weighted by Crippen LogP contribution is -2.43. The number of hydrogen-bond donors (Lipinski definition) is 1. The molecule has 0 bridgehead atoms. The first-order valence-corrected chi connectivity index (χ1v) is 5.20. The van der Waals surface area contributed by atoms with E-state index in [9.17, 15) is 4.39 Å². The van der Waals surface area contributed by atoms with Crippen molar-refractivity contribution >= 4 is 0 Å². The molecular weight excluding hydrogens is 193 g/mol. The zero-order valence-electron chi connectivity index (χ0n) is 9.14. The summed E-state index contributed by atoms with van der Waals surface area (Å²) >= 11 is 0. The van der Waals surface area contributed by atoms with Gasteiger partial charge >= 0.3 is 0 Å². The summed E-state index contributed by atoms with van der Waals surface area (Å²) in [6.45, 7) is 1.74. The van der Waals surface area contributed by atoms with E-state index in [0.29, 0.717) is 11.3 Å². The predicted octanol–water partition coefficient (Wildman–Crippen LogP) is 2.48. The molecule has 2 nitrogen and oxygen atoms in total. The van der Waals surface area contributed by atoms with E-state index in [1.54, 1.807) is 13.0 Å². The van der Waals surface area contributed by atoms with Crippen LogP contribution < -0.4 is 10.5 Å². The lowest BCUT2D eigenvalue weighted by Gasteiger charge is -2.39. The Labute approximate surface area is 89.2 Å². The zero-order chi connectivity index (χ0) is 11.1. The van der Waals surface area contributed by atoms with Gasteiger partial charge < -0.3 is 10.5 Å². The van der Waals surface area contributed by atoms with E-state index in [0.717, 1.165) is 24.8 Å². The molecule has 0 aromatic heterocycles. The SMILES string of the molecule is COc1cc(C2(N)CCC2)cc(C)c1F. The van der Waals surface area contributed by atoms with Crippen molar-refractivity contribution in [3.8, 4) is 5.75 Å². The van der Waals surface area contributed by atoms with Crippen molar-refractivity contribution in [3.63, 3.8) is 0 Å². The fourth-order valence-electron chi connectivity index (χ4n) is 2.02. The van der Waals surface area contributed by atoms with Crippen LogP contribution in [0.5, 0.6) is 5.75 Å². The lowest BCUT2D eigenvalue weighted by atomic mass is 9.72. The Bertz CT molecular complexity index is 385. The first-order chi connectivity index (χ1) is 7.07. The van der Waals surface area contributed by atoms with Gasteiger partial charge in [0, 0.05) is 5.54 Å². The Morgan fingerprint density at radius 1 is 1.40 bits per heavy atom. The molecular formula is C12H16FNO. The highest BCUT2D eigenvalue weighted by molar-refractivity contribution is 5.40. The zero-order valence-corrected chi connectivity index (χ0v) is 9.14. The molecule has 1 fully saturated rings. The van der Waals surface area contributed by atoms with Crippen LogP contribution in [0, 0.1) is 12.7 Å². The number of hydrogen-bond acceptors (Lipinski definition) is 2. The van der Waals surface area contributed by atoms with E-state index in [4.69, 9.17) is 10.5 Å². The summed E-state index contributed by atoms with van der Waals surface area (Å²) in [5, 5.41) is 0. The van der Waals surface area contributed by atoms with E-state index in [-0.39, 0.29) is 11.4 Å². The molecule has 0 unspecified atom stereocenters. The highest BCUT2D eigenvalue weighted by Crippen LogP contribution is 2.40. The van der Waals surface area contributed by atoms with Gasteiger partial charge in [-0.1, -0.05) is 6.07 Å². The van der Waals surface area contributed by atoms with Crippen LogP contribution >= 0.6 is 0 Å². The van der Waals surface area contributed by atoms with Crippen molar-refractivity contribution in [3.05, 3.63) is 29.1 Å². The van der Waals surface area contributed by atoms with Crippen LogP contribution in [-0.4, -0.2) is 7.11 Å². The van der Waals surface area contributed by atoms with E-state index in [2.05, 4.69) is 0 Å². The Morgan fingerprint density at radius 2 is 2.07 bits per heavy atom. The van der Waals surface area contributed by atoms with Crippen molar-refractivity contribution in [1.29, 1.82) is 0 Å². The fourth-order valence-corrected chi connectivity index (χ4v) is 2.02. The molecule has 82 valence electrons. The predicted molar refractivity (Wildman–Crippen MR) is 57.4 cm³/mol.